The van der Waals surface area contributed by atoms with Crippen molar-refractivity contribution in [3.8, 4) is 5.75 Å². The molecule has 0 radical (unpaired) electrons. The quantitative estimate of drug-likeness (QED) is 0.757. The molecule has 3 N–H and O–H groups in total. The molecule has 0 saturated heterocycles. The number of hydrogen-bond donors (Lipinski definition) is 3. The number of aliphatic hydroxyl groups excluding tert-OH is 1. The molecule has 0 aliphatic carbocycles. The molecule has 2 aromatic rings. The van der Waals surface area contributed by atoms with Crippen molar-refractivity contribution in [2.45, 2.75) is 19.6 Å². The van der Waals surface area contributed by atoms with Gasteiger partial charge in [-0.1, -0.05) is 24.3 Å². The number of carbonyl (C=O) groups excluding carboxylic acids is 1. The lowest BCUT2D eigenvalue weighted by atomic mass is 10.1. The molecule has 2 amide bonds. The molecule has 0 bridgehead atoms. The fourth-order valence-corrected chi connectivity index (χ4v) is 2.10. The first kappa shape index (κ1) is 17.7. The summed E-state index contributed by atoms with van der Waals surface area (Å²) in [6, 6.07) is 12.5. The molecule has 7 heteroatoms. The van der Waals surface area contributed by atoms with E-state index in [1.54, 1.807) is 18.2 Å². The molecule has 5 nitrogen and oxygen atoms in total. The highest BCUT2D eigenvalue weighted by molar-refractivity contribution is 5.89. The van der Waals surface area contributed by atoms with E-state index in [0.29, 0.717) is 11.3 Å². The van der Waals surface area contributed by atoms with Gasteiger partial charge >= 0.3 is 12.6 Å². The molecule has 1 atom stereocenters. The van der Waals surface area contributed by atoms with Gasteiger partial charge in [0, 0.05) is 12.2 Å². The second-order valence-electron chi connectivity index (χ2n) is 5.17. The lowest BCUT2D eigenvalue weighted by Crippen LogP contribution is -2.32. The number of hydrogen-bond acceptors (Lipinski definition) is 3. The minimum absolute atomic E-state index is 0.0502. The second kappa shape index (κ2) is 8.26. The van der Waals surface area contributed by atoms with Gasteiger partial charge in [-0.05, 0) is 42.3 Å². The Kier molecular flexibility index (Phi) is 6.08. The summed E-state index contributed by atoms with van der Waals surface area (Å²) < 4.78 is 28.7. The Bertz CT molecular complexity index is 695. The molecular formula is C17H18F2N2O3. The van der Waals surface area contributed by atoms with E-state index in [-0.39, 0.29) is 12.3 Å². The van der Waals surface area contributed by atoms with E-state index >= 15 is 0 Å². The number of nitrogens with one attached hydrogen (secondary N) is 2. The standard InChI is InChI=1S/C17H18F2N2O3/c1-11-4-2-6-13(8-11)21-17(23)20-10-15(22)12-5-3-7-14(9-12)24-16(18)19/h2-9,15-16,22H,10H2,1H3,(H2,20,21,23). The van der Waals surface area contributed by atoms with Gasteiger partial charge in [-0.2, -0.15) is 8.78 Å². The molecule has 2 aromatic carbocycles. The van der Waals surface area contributed by atoms with Crippen LogP contribution in [0.15, 0.2) is 48.5 Å². The number of benzene rings is 2. The van der Waals surface area contributed by atoms with Crippen LogP contribution in [0.4, 0.5) is 19.3 Å². The van der Waals surface area contributed by atoms with Crippen molar-refractivity contribution in [2.24, 2.45) is 0 Å². The maximum absolute atomic E-state index is 12.2. The maximum atomic E-state index is 12.2. The average Bonchev–Trinajstić information content (AvgIpc) is 2.52. The Balaban J connectivity index is 1.88. The summed E-state index contributed by atoms with van der Waals surface area (Å²) in [4.78, 5) is 11.8. The average molecular weight is 336 g/mol. The number of anilines is 1. The van der Waals surface area contributed by atoms with Crippen LogP contribution in [0.25, 0.3) is 0 Å². The summed E-state index contributed by atoms with van der Waals surface area (Å²) in [6.45, 7) is -1.10. The minimum atomic E-state index is -2.93. The molecule has 0 aromatic heterocycles. The van der Waals surface area contributed by atoms with E-state index in [9.17, 15) is 18.7 Å². The third-order valence-electron chi connectivity index (χ3n) is 3.20. The second-order valence-corrected chi connectivity index (χ2v) is 5.17. The molecule has 0 fully saturated rings. The number of carbonyl (C=O) groups is 1. The van der Waals surface area contributed by atoms with E-state index in [4.69, 9.17) is 0 Å². The van der Waals surface area contributed by atoms with Crippen LogP contribution >= 0.6 is 0 Å². The lowest BCUT2D eigenvalue weighted by molar-refractivity contribution is -0.0499. The Hall–Kier alpha value is -2.67. The first-order valence-electron chi connectivity index (χ1n) is 7.28. The third-order valence-corrected chi connectivity index (χ3v) is 3.20. The number of alkyl halides is 2. The Morgan fingerprint density at radius 1 is 1.21 bits per heavy atom. The third kappa shape index (κ3) is 5.51. The van der Waals surface area contributed by atoms with Gasteiger partial charge in [0.2, 0.25) is 0 Å². The minimum Gasteiger partial charge on any atom is -0.435 e. The topological polar surface area (TPSA) is 70.6 Å². The summed E-state index contributed by atoms with van der Waals surface area (Å²) in [7, 11) is 0. The summed E-state index contributed by atoms with van der Waals surface area (Å²) >= 11 is 0. The zero-order valence-electron chi connectivity index (χ0n) is 13.0. The van der Waals surface area contributed by atoms with Crippen molar-refractivity contribution >= 4 is 11.7 Å². The molecule has 24 heavy (non-hydrogen) atoms. The van der Waals surface area contributed by atoms with Crippen molar-refractivity contribution in [1.29, 1.82) is 0 Å². The fraction of sp³-hybridized carbons (Fsp3) is 0.235. The molecule has 0 saturated carbocycles. The van der Waals surface area contributed by atoms with Crippen molar-refractivity contribution < 1.29 is 23.4 Å². The Morgan fingerprint density at radius 2 is 1.96 bits per heavy atom. The molecule has 128 valence electrons. The highest BCUT2D eigenvalue weighted by Gasteiger charge is 2.12. The summed E-state index contributed by atoms with van der Waals surface area (Å²) in [6.07, 6.45) is -1.05. The smallest absolute Gasteiger partial charge is 0.387 e. The van der Waals surface area contributed by atoms with Crippen LogP contribution in [-0.2, 0) is 0 Å². The molecule has 0 spiro atoms. The van der Waals surface area contributed by atoms with Gasteiger partial charge in [-0.15, -0.1) is 0 Å². The number of halogens is 2. The van der Waals surface area contributed by atoms with Gasteiger partial charge in [0.15, 0.2) is 0 Å². The SMILES string of the molecule is Cc1cccc(NC(=O)NCC(O)c2cccc(OC(F)F)c2)c1. The monoisotopic (exact) mass is 336 g/mol. The van der Waals surface area contributed by atoms with Gasteiger partial charge in [-0.3, -0.25) is 0 Å². The number of aliphatic hydroxyl groups is 1. The van der Waals surface area contributed by atoms with Gasteiger partial charge in [0.05, 0.1) is 6.10 Å². The highest BCUT2D eigenvalue weighted by Crippen LogP contribution is 2.20. The van der Waals surface area contributed by atoms with Crippen LogP contribution in [-0.4, -0.2) is 24.3 Å². The number of ether oxygens (including phenoxy) is 1. The predicted molar refractivity (Wildman–Crippen MR) is 86.2 cm³/mol. The molecule has 1 unspecified atom stereocenters. The van der Waals surface area contributed by atoms with Gasteiger partial charge in [0.1, 0.15) is 5.75 Å². The van der Waals surface area contributed by atoms with Crippen molar-refractivity contribution in [2.75, 3.05) is 11.9 Å². The highest BCUT2D eigenvalue weighted by atomic mass is 19.3. The Labute approximate surface area is 138 Å². The Morgan fingerprint density at radius 3 is 2.67 bits per heavy atom. The number of urea groups is 1. The normalized spacial score (nSPS) is 11.9. The van der Waals surface area contributed by atoms with Crippen molar-refractivity contribution in [3.05, 3.63) is 59.7 Å². The maximum Gasteiger partial charge on any atom is 0.387 e. The predicted octanol–water partition coefficient (Wildman–Crippen LogP) is 3.45. The van der Waals surface area contributed by atoms with E-state index in [1.165, 1.54) is 18.2 Å². The fourth-order valence-electron chi connectivity index (χ4n) is 2.10. The van der Waals surface area contributed by atoms with Crippen LogP contribution < -0.4 is 15.4 Å². The largest absolute Gasteiger partial charge is 0.435 e. The van der Waals surface area contributed by atoms with E-state index in [2.05, 4.69) is 15.4 Å². The van der Waals surface area contributed by atoms with Crippen molar-refractivity contribution in [3.63, 3.8) is 0 Å². The number of rotatable bonds is 6. The first-order chi connectivity index (χ1) is 11.4. The molecule has 0 aliphatic rings. The molecular weight excluding hydrogens is 318 g/mol. The molecule has 2 rings (SSSR count). The van der Waals surface area contributed by atoms with Gasteiger partial charge in [0.25, 0.3) is 0 Å². The number of amides is 2. The van der Waals surface area contributed by atoms with Crippen molar-refractivity contribution in [1.82, 2.24) is 5.32 Å². The van der Waals surface area contributed by atoms with E-state index in [1.807, 2.05) is 19.1 Å². The molecule has 0 heterocycles. The van der Waals surface area contributed by atoms with E-state index in [0.717, 1.165) is 5.56 Å². The zero-order valence-corrected chi connectivity index (χ0v) is 13.0. The number of aryl methyl sites for hydroxylation is 1. The van der Waals surface area contributed by atoms with Crippen LogP contribution in [0.5, 0.6) is 5.75 Å². The zero-order chi connectivity index (χ0) is 17.5. The van der Waals surface area contributed by atoms with Gasteiger partial charge in [-0.25, -0.2) is 4.79 Å². The van der Waals surface area contributed by atoms with Crippen LogP contribution in [0.2, 0.25) is 0 Å². The van der Waals surface area contributed by atoms with Gasteiger partial charge < -0.3 is 20.5 Å². The summed E-state index contributed by atoms with van der Waals surface area (Å²) in [5.41, 5.74) is 2.00. The van der Waals surface area contributed by atoms with Crippen LogP contribution in [0.3, 0.4) is 0 Å². The van der Waals surface area contributed by atoms with Crippen LogP contribution in [0, 0.1) is 6.92 Å². The summed E-state index contributed by atoms with van der Waals surface area (Å²) in [5, 5.41) is 15.2. The summed E-state index contributed by atoms with van der Waals surface area (Å²) in [5.74, 6) is -0.0502. The first-order valence-corrected chi connectivity index (χ1v) is 7.28. The van der Waals surface area contributed by atoms with Crippen LogP contribution in [0.1, 0.15) is 17.2 Å². The molecule has 0 aliphatic heterocycles. The lowest BCUT2D eigenvalue weighted by Gasteiger charge is -2.14. The van der Waals surface area contributed by atoms with E-state index < -0.39 is 18.7 Å².